The number of nitrogens with zero attached hydrogens (tertiary/aromatic N) is 1. The average molecular weight is 441 g/mol. The minimum atomic E-state index is -0.542. The summed E-state index contributed by atoms with van der Waals surface area (Å²) in [6.45, 7) is 6.04. The van der Waals surface area contributed by atoms with Gasteiger partial charge in [0, 0.05) is 6.54 Å². The van der Waals surface area contributed by atoms with Gasteiger partial charge in [0.15, 0.2) is 0 Å². The van der Waals surface area contributed by atoms with Crippen molar-refractivity contribution in [2.45, 2.75) is 38.8 Å². The maximum absolute atomic E-state index is 12.2. The summed E-state index contributed by atoms with van der Waals surface area (Å²) in [5, 5.41) is 6.62. The lowest BCUT2D eigenvalue weighted by atomic mass is 10.1. The Morgan fingerprint density at radius 3 is 2.62 bits per heavy atom. The Bertz CT molecular complexity index is 735. The standard InChI is InChI=1S/C19H23BrClN3O2/c1-19(2,3)26-18(25)24-15(9-13-7-5-4-6-8-13)12-22-14-10-16(20)17(21)23-11-14/h4-8,10-11,15,22H,9,12H2,1-3H3,(H,24,25)/t15-/m0/s1. The molecule has 7 heteroatoms. The topological polar surface area (TPSA) is 63.2 Å². The molecule has 0 saturated heterocycles. The average Bonchev–Trinajstić information content (AvgIpc) is 2.55. The predicted molar refractivity (Wildman–Crippen MR) is 109 cm³/mol. The van der Waals surface area contributed by atoms with Crippen LogP contribution in [-0.2, 0) is 11.2 Å². The molecule has 0 aliphatic heterocycles. The van der Waals surface area contributed by atoms with Gasteiger partial charge < -0.3 is 15.4 Å². The fourth-order valence-electron chi connectivity index (χ4n) is 2.31. The summed E-state index contributed by atoms with van der Waals surface area (Å²) >= 11 is 9.28. The molecule has 0 fully saturated rings. The Kier molecular flexibility index (Phi) is 7.29. The predicted octanol–water partition coefficient (Wildman–Crippen LogP) is 5.05. The van der Waals surface area contributed by atoms with Crippen LogP contribution in [0.15, 0.2) is 47.1 Å². The molecule has 1 amide bonds. The summed E-state index contributed by atoms with van der Waals surface area (Å²) in [6.07, 6.45) is 1.89. The van der Waals surface area contributed by atoms with Crippen molar-refractivity contribution in [3.63, 3.8) is 0 Å². The molecule has 2 aromatic rings. The van der Waals surface area contributed by atoms with Crippen LogP contribution in [0.1, 0.15) is 26.3 Å². The molecule has 2 rings (SSSR count). The van der Waals surface area contributed by atoms with E-state index < -0.39 is 11.7 Å². The Morgan fingerprint density at radius 1 is 1.31 bits per heavy atom. The first-order valence-electron chi connectivity index (χ1n) is 8.31. The van der Waals surface area contributed by atoms with Crippen LogP contribution in [0.4, 0.5) is 10.5 Å². The lowest BCUT2D eigenvalue weighted by molar-refractivity contribution is 0.0507. The third-order valence-corrected chi connectivity index (χ3v) is 4.53. The molecular weight excluding hydrogens is 418 g/mol. The third-order valence-electron chi connectivity index (χ3n) is 3.39. The summed E-state index contributed by atoms with van der Waals surface area (Å²) in [5.74, 6) is 0. The molecule has 140 valence electrons. The van der Waals surface area contributed by atoms with E-state index in [1.165, 1.54) is 0 Å². The fraction of sp³-hybridized carbons (Fsp3) is 0.368. The van der Waals surface area contributed by atoms with E-state index in [0.717, 1.165) is 11.3 Å². The van der Waals surface area contributed by atoms with Gasteiger partial charge >= 0.3 is 6.09 Å². The van der Waals surface area contributed by atoms with Gasteiger partial charge in [-0.2, -0.15) is 0 Å². The highest BCUT2D eigenvalue weighted by molar-refractivity contribution is 9.10. The maximum Gasteiger partial charge on any atom is 0.407 e. The minimum Gasteiger partial charge on any atom is -0.444 e. The van der Waals surface area contributed by atoms with Gasteiger partial charge in [0.25, 0.3) is 0 Å². The van der Waals surface area contributed by atoms with E-state index in [-0.39, 0.29) is 6.04 Å². The van der Waals surface area contributed by atoms with Crippen LogP contribution in [0.2, 0.25) is 5.15 Å². The lowest BCUT2D eigenvalue weighted by Gasteiger charge is -2.24. The van der Waals surface area contributed by atoms with Crippen molar-refractivity contribution in [2.24, 2.45) is 0 Å². The third kappa shape index (κ3) is 7.22. The molecule has 1 atom stereocenters. The molecule has 5 nitrogen and oxygen atoms in total. The largest absolute Gasteiger partial charge is 0.444 e. The highest BCUT2D eigenvalue weighted by Gasteiger charge is 2.20. The number of halogens is 2. The molecule has 1 aromatic heterocycles. The Labute approximate surface area is 167 Å². The van der Waals surface area contributed by atoms with Gasteiger partial charge in [-0.25, -0.2) is 9.78 Å². The number of rotatable bonds is 6. The smallest absolute Gasteiger partial charge is 0.407 e. The second-order valence-electron chi connectivity index (χ2n) is 6.91. The van der Waals surface area contributed by atoms with E-state index in [0.29, 0.717) is 22.6 Å². The molecule has 0 unspecified atom stereocenters. The van der Waals surface area contributed by atoms with Crippen LogP contribution in [0.5, 0.6) is 0 Å². The normalized spacial score (nSPS) is 12.3. The molecule has 0 aliphatic rings. The van der Waals surface area contributed by atoms with Gasteiger partial charge in [0.1, 0.15) is 10.8 Å². The molecule has 0 radical (unpaired) electrons. The molecular formula is C19H23BrClN3O2. The number of hydrogen-bond acceptors (Lipinski definition) is 4. The number of ether oxygens (including phenoxy) is 1. The number of alkyl carbamates (subject to hydrolysis) is 1. The number of pyridine rings is 1. The zero-order valence-corrected chi connectivity index (χ0v) is 17.4. The summed E-state index contributed by atoms with van der Waals surface area (Å²) in [4.78, 5) is 16.3. The highest BCUT2D eigenvalue weighted by Crippen LogP contribution is 2.22. The quantitative estimate of drug-likeness (QED) is 0.617. The minimum absolute atomic E-state index is 0.151. The summed E-state index contributed by atoms with van der Waals surface area (Å²) in [7, 11) is 0. The number of amides is 1. The van der Waals surface area contributed by atoms with Crippen LogP contribution in [0, 0.1) is 0 Å². The second kappa shape index (κ2) is 9.24. The number of carbonyl (C=O) groups excluding carboxylic acids is 1. The number of anilines is 1. The molecule has 1 heterocycles. The van der Waals surface area contributed by atoms with E-state index in [1.54, 1.807) is 6.20 Å². The highest BCUT2D eigenvalue weighted by atomic mass is 79.9. The maximum atomic E-state index is 12.2. The summed E-state index contributed by atoms with van der Waals surface area (Å²) in [6, 6.07) is 11.7. The first-order valence-corrected chi connectivity index (χ1v) is 9.48. The molecule has 0 spiro atoms. The van der Waals surface area contributed by atoms with Gasteiger partial charge in [-0.05, 0) is 54.8 Å². The van der Waals surface area contributed by atoms with E-state index in [1.807, 2.05) is 57.2 Å². The van der Waals surface area contributed by atoms with Crippen molar-refractivity contribution >= 4 is 39.3 Å². The Hall–Kier alpha value is -1.79. The molecule has 1 aromatic carbocycles. The SMILES string of the molecule is CC(C)(C)OC(=O)N[C@H](CNc1cnc(Cl)c(Br)c1)Cc1ccccc1. The van der Waals surface area contributed by atoms with E-state index >= 15 is 0 Å². The van der Waals surface area contributed by atoms with Crippen LogP contribution >= 0.6 is 27.5 Å². The van der Waals surface area contributed by atoms with Gasteiger partial charge in [-0.3, -0.25) is 0 Å². The molecule has 2 N–H and O–H groups in total. The van der Waals surface area contributed by atoms with Crippen LogP contribution in [-0.4, -0.2) is 29.3 Å². The van der Waals surface area contributed by atoms with Crippen molar-refractivity contribution < 1.29 is 9.53 Å². The Balaban J connectivity index is 2.04. The van der Waals surface area contributed by atoms with E-state index in [2.05, 4.69) is 31.5 Å². The first-order chi connectivity index (χ1) is 12.2. The Morgan fingerprint density at radius 2 is 2.00 bits per heavy atom. The van der Waals surface area contributed by atoms with E-state index in [4.69, 9.17) is 16.3 Å². The number of carbonyl (C=O) groups is 1. The van der Waals surface area contributed by atoms with Crippen molar-refractivity contribution in [3.05, 3.63) is 57.8 Å². The van der Waals surface area contributed by atoms with Gasteiger partial charge in [-0.15, -0.1) is 0 Å². The molecule has 0 aliphatic carbocycles. The van der Waals surface area contributed by atoms with Gasteiger partial charge in [0.05, 0.1) is 22.4 Å². The van der Waals surface area contributed by atoms with Crippen molar-refractivity contribution in [3.8, 4) is 0 Å². The zero-order chi connectivity index (χ0) is 19.2. The van der Waals surface area contributed by atoms with Crippen molar-refractivity contribution in [1.29, 1.82) is 0 Å². The number of benzene rings is 1. The molecule has 26 heavy (non-hydrogen) atoms. The second-order valence-corrected chi connectivity index (χ2v) is 8.12. The molecule has 0 bridgehead atoms. The number of aromatic nitrogens is 1. The number of nitrogens with one attached hydrogen (secondary N) is 2. The van der Waals surface area contributed by atoms with Crippen molar-refractivity contribution in [1.82, 2.24) is 10.3 Å². The van der Waals surface area contributed by atoms with Crippen LogP contribution in [0.25, 0.3) is 0 Å². The lowest BCUT2D eigenvalue weighted by Crippen LogP contribution is -2.43. The fourth-order valence-corrected chi connectivity index (χ4v) is 2.76. The van der Waals surface area contributed by atoms with Crippen molar-refractivity contribution in [2.75, 3.05) is 11.9 Å². The zero-order valence-electron chi connectivity index (χ0n) is 15.1. The monoisotopic (exact) mass is 439 g/mol. The first kappa shape index (κ1) is 20.5. The van der Waals surface area contributed by atoms with Gasteiger partial charge in [-0.1, -0.05) is 41.9 Å². The summed E-state index contributed by atoms with van der Waals surface area (Å²) < 4.78 is 6.09. The molecule has 0 saturated carbocycles. The van der Waals surface area contributed by atoms with Crippen LogP contribution in [0.3, 0.4) is 0 Å². The number of hydrogen-bond donors (Lipinski definition) is 2. The van der Waals surface area contributed by atoms with E-state index in [9.17, 15) is 4.79 Å². The summed E-state index contributed by atoms with van der Waals surface area (Å²) in [5.41, 5.74) is 1.40. The van der Waals surface area contributed by atoms with Crippen LogP contribution < -0.4 is 10.6 Å². The van der Waals surface area contributed by atoms with Gasteiger partial charge in [0.2, 0.25) is 0 Å².